The van der Waals surface area contributed by atoms with Crippen LogP contribution in [0.1, 0.15) is 5.69 Å². The van der Waals surface area contributed by atoms with Gasteiger partial charge in [0.2, 0.25) is 5.91 Å². The second kappa shape index (κ2) is 7.10. The van der Waals surface area contributed by atoms with Crippen LogP contribution in [0.2, 0.25) is 0 Å². The molecule has 0 spiro atoms. The summed E-state index contributed by atoms with van der Waals surface area (Å²) in [7, 11) is 0. The Bertz CT molecular complexity index is 739. The molecule has 0 radical (unpaired) electrons. The number of β-amino-alcohol motifs (C(OH)–C–C–N with tert-alkyl or cyclic N) is 1. The van der Waals surface area contributed by atoms with Crippen molar-refractivity contribution < 1.29 is 9.90 Å². The van der Waals surface area contributed by atoms with Crippen LogP contribution in [-0.4, -0.2) is 62.7 Å². The molecule has 8 heteroatoms. The van der Waals surface area contributed by atoms with Crippen molar-refractivity contribution in [2.45, 2.75) is 12.6 Å². The van der Waals surface area contributed by atoms with E-state index in [1.807, 2.05) is 11.0 Å². The summed E-state index contributed by atoms with van der Waals surface area (Å²) >= 11 is 0. The molecule has 1 amide bonds. The lowest BCUT2D eigenvalue weighted by molar-refractivity contribution is -0.132. The highest BCUT2D eigenvalue weighted by molar-refractivity contribution is 5.76. The molecule has 1 N–H and O–H groups in total. The molecule has 0 unspecified atom stereocenters. The fourth-order valence-corrected chi connectivity index (χ4v) is 2.72. The number of aliphatic hydroxyl groups is 1. The number of imidazole rings is 1. The molecule has 1 aliphatic heterocycles. The highest BCUT2D eigenvalue weighted by Gasteiger charge is 2.25. The van der Waals surface area contributed by atoms with Crippen molar-refractivity contribution in [2.75, 3.05) is 31.1 Å². The molecule has 124 valence electrons. The third kappa shape index (κ3) is 3.70. The fraction of sp³-hybridized carbons (Fsp3) is 0.375. The third-order valence-corrected chi connectivity index (χ3v) is 3.90. The first-order valence-electron chi connectivity index (χ1n) is 7.69. The number of hydrogen-bond donors (Lipinski definition) is 1. The second-order valence-electron chi connectivity index (χ2n) is 5.67. The maximum Gasteiger partial charge on any atom is 0.242 e. The number of nitriles is 1. The lowest BCUT2D eigenvalue weighted by Crippen LogP contribution is -2.39. The summed E-state index contributed by atoms with van der Waals surface area (Å²) in [6.07, 6.45) is 4.28. The molecule has 0 saturated carbocycles. The Morgan fingerprint density at radius 3 is 3.00 bits per heavy atom. The van der Waals surface area contributed by atoms with Crippen molar-refractivity contribution in [1.29, 1.82) is 5.26 Å². The molecular weight excluding hydrogens is 308 g/mol. The molecule has 0 aliphatic carbocycles. The summed E-state index contributed by atoms with van der Waals surface area (Å²) < 4.78 is 1.70. The first kappa shape index (κ1) is 16.0. The minimum atomic E-state index is -0.674. The van der Waals surface area contributed by atoms with Gasteiger partial charge < -0.3 is 19.5 Å². The smallest absolute Gasteiger partial charge is 0.242 e. The number of carbonyl (C=O) groups excluding carboxylic acids is 1. The first-order chi connectivity index (χ1) is 11.7. The van der Waals surface area contributed by atoms with Gasteiger partial charge in [0, 0.05) is 38.6 Å². The third-order valence-electron chi connectivity index (χ3n) is 3.90. The summed E-state index contributed by atoms with van der Waals surface area (Å²) in [5, 5.41) is 19.2. The lowest BCUT2D eigenvalue weighted by Gasteiger charge is -2.22. The van der Waals surface area contributed by atoms with Crippen molar-refractivity contribution in [3.63, 3.8) is 0 Å². The van der Waals surface area contributed by atoms with Crippen LogP contribution in [0.15, 0.2) is 36.9 Å². The van der Waals surface area contributed by atoms with E-state index in [2.05, 4.69) is 9.97 Å². The maximum atomic E-state index is 12.4. The number of nitrogens with zero attached hydrogens (tertiary/aromatic N) is 6. The van der Waals surface area contributed by atoms with Crippen molar-refractivity contribution in [3.8, 4) is 6.07 Å². The highest BCUT2D eigenvalue weighted by atomic mass is 16.3. The SMILES string of the molecule is N#Cc1cccc(N2CCN(C(=O)Cn3ccnc3)C[C@@H](O)C2)n1. The van der Waals surface area contributed by atoms with Gasteiger partial charge >= 0.3 is 0 Å². The van der Waals surface area contributed by atoms with E-state index >= 15 is 0 Å². The minimum absolute atomic E-state index is 0.0624. The summed E-state index contributed by atoms with van der Waals surface area (Å²) in [6, 6.07) is 7.22. The number of rotatable bonds is 3. The lowest BCUT2D eigenvalue weighted by atomic mass is 10.3. The number of pyridine rings is 1. The molecular formula is C16H18N6O2. The number of aliphatic hydroxyl groups excluding tert-OH is 1. The van der Waals surface area contributed by atoms with Crippen molar-refractivity contribution in [3.05, 3.63) is 42.6 Å². The van der Waals surface area contributed by atoms with Crippen LogP contribution in [0, 0.1) is 11.3 Å². The fourth-order valence-electron chi connectivity index (χ4n) is 2.72. The quantitative estimate of drug-likeness (QED) is 0.843. The van der Waals surface area contributed by atoms with Gasteiger partial charge in [-0.1, -0.05) is 6.07 Å². The molecule has 2 aromatic heterocycles. The molecule has 0 bridgehead atoms. The van der Waals surface area contributed by atoms with E-state index in [4.69, 9.17) is 5.26 Å². The Hall–Kier alpha value is -2.92. The van der Waals surface area contributed by atoms with Gasteiger partial charge in [-0.2, -0.15) is 5.26 Å². The Labute approximate surface area is 139 Å². The summed E-state index contributed by atoms with van der Waals surface area (Å²) in [6.45, 7) is 1.89. The average molecular weight is 326 g/mol. The zero-order valence-electron chi connectivity index (χ0n) is 13.1. The zero-order valence-corrected chi connectivity index (χ0v) is 13.1. The van der Waals surface area contributed by atoms with Crippen LogP contribution in [0.5, 0.6) is 0 Å². The summed E-state index contributed by atoms with van der Waals surface area (Å²) in [4.78, 5) is 24.1. The van der Waals surface area contributed by atoms with Gasteiger partial charge in [0.05, 0.1) is 12.4 Å². The second-order valence-corrected chi connectivity index (χ2v) is 5.67. The van der Waals surface area contributed by atoms with Crippen LogP contribution in [0.3, 0.4) is 0 Å². The molecule has 1 aliphatic rings. The monoisotopic (exact) mass is 326 g/mol. The number of anilines is 1. The van der Waals surface area contributed by atoms with Crippen molar-refractivity contribution in [2.24, 2.45) is 0 Å². The van der Waals surface area contributed by atoms with E-state index in [0.717, 1.165) is 0 Å². The predicted octanol–water partition coefficient (Wildman–Crippen LogP) is -0.141. The summed E-state index contributed by atoms with van der Waals surface area (Å²) in [5.74, 6) is 0.574. The number of hydrogen-bond acceptors (Lipinski definition) is 6. The van der Waals surface area contributed by atoms with Gasteiger partial charge in [0.15, 0.2) is 0 Å². The molecule has 24 heavy (non-hydrogen) atoms. The maximum absolute atomic E-state index is 12.4. The Kier molecular flexibility index (Phi) is 4.72. The van der Waals surface area contributed by atoms with E-state index < -0.39 is 6.10 Å². The van der Waals surface area contributed by atoms with Crippen LogP contribution >= 0.6 is 0 Å². The van der Waals surface area contributed by atoms with E-state index in [0.29, 0.717) is 31.1 Å². The Balaban J connectivity index is 1.68. The van der Waals surface area contributed by atoms with Crippen LogP contribution < -0.4 is 4.90 Å². The Morgan fingerprint density at radius 1 is 1.38 bits per heavy atom. The number of aromatic nitrogens is 3. The molecule has 3 heterocycles. The van der Waals surface area contributed by atoms with E-state index in [9.17, 15) is 9.90 Å². The Morgan fingerprint density at radius 2 is 2.25 bits per heavy atom. The standard InChI is InChI=1S/C16H18N6O2/c17-8-13-2-1-3-15(19-13)21-6-7-22(10-14(23)9-21)16(24)11-20-5-4-18-12-20/h1-5,12,14,23H,6-7,9-11H2/t14-/m0/s1. The average Bonchev–Trinajstić information content (AvgIpc) is 3.01. The molecule has 1 saturated heterocycles. The normalized spacial score (nSPS) is 18.1. The molecule has 1 fully saturated rings. The van der Waals surface area contributed by atoms with E-state index in [-0.39, 0.29) is 19.0 Å². The predicted molar refractivity (Wildman–Crippen MR) is 86.0 cm³/mol. The molecule has 3 rings (SSSR count). The van der Waals surface area contributed by atoms with Gasteiger partial charge in [-0.05, 0) is 12.1 Å². The minimum Gasteiger partial charge on any atom is -0.389 e. The van der Waals surface area contributed by atoms with Gasteiger partial charge in [-0.25, -0.2) is 9.97 Å². The largest absolute Gasteiger partial charge is 0.389 e. The molecule has 8 nitrogen and oxygen atoms in total. The number of amides is 1. The molecule has 1 atom stereocenters. The van der Waals surface area contributed by atoms with Gasteiger partial charge in [0.25, 0.3) is 0 Å². The summed E-state index contributed by atoms with van der Waals surface area (Å²) in [5.41, 5.74) is 0.333. The topological polar surface area (TPSA) is 98.3 Å². The molecule has 0 aromatic carbocycles. The van der Waals surface area contributed by atoms with Crippen LogP contribution in [0.4, 0.5) is 5.82 Å². The van der Waals surface area contributed by atoms with Crippen LogP contribution in [0.25, 0.3) is 0 Å². The van der Waals surface area contributed by atoms with E-state index in [1.54, 1.807) is 46.4 Å². The van der Waals surface area contributed by atoms with Gasteiger partial charge in [0.1, 0.15) is 24.1 Å². The highest BCUT2D eigenvalue weighted by Crippen LogP contribution is 2.15. The van der Waals surface area contributed by atoms with Gasteiger partial charge in [-0.3, -0.25) is 4.79 Å². The van der Waals surface area contributed by atoms with Gasteiger partial charge in [-0.15, -0.1) is 0 Å². The van der Waals surface area contributed by atoms with E-state index in [1.165, 1.54) is 0 Å². The van der Waals surface area contributed by atoms with Crippen LogP contribution in [-0.2, 0) is 11.3 Å². The number of carbonyl (C=O) groups is 1. The van der Waals surface area contributed by atoms with Crippen molar-refractivity contribution >= 4 is 11.7 Å². The van der Waals surface area contributed by atoms with Crippen molar-refractivity contribution in [1.82, 2.24) is 19.4 Å². The first-order valence-corrected chi connectivity index (χ1v) is 7.69. The molecule has 2 aromatic rings. The zero-order chi connectivity index (χ0) is 16.9.